The fourth-order valence-electron chi connectivity index (χ4n) is 2.57. The number of carbonyl (C=O) groups excluding carboxylic acids is 1. The maximum absolute atomic E-state index is 11.4. The fraction of sp³-hybridized carbons (Fsp3) is 0.875. The standard InChI is InChI=1S/C8H12N2OS/c11-8-9-5-4-12-6-2-1-3-10(8)7(5)6/h5-7H,1-4H2,(H,9,11)/t5-,6-,7-/m0/s1. The smallest absolute Gasteiger partial charge is 0.318 e. The number of nitrogens with zero attached hydrogens (tertiary/aromatic N) is 1. The van der Waals surface area contributed by atoms with Gasteiger partial charge >= 0.3 is 6.03 Å². The Morgan fingerprint density at radius 3 is 3.42 bits per heavy atom. The summed E-state index contributed by atoms with van der Waals surface area (Å²) in [7, 11) is 0. The number of thioether (sulfide) groups is 1. The second-order valence-electron chi connectivity index (χ2n) is 3.75. The molecular formula is C8H12N2OS. The van der Waals surface area contributed by atoms with Gasteiger partial charge in [-0.25, -0.2) is 4.79 Å². The lowest BCUT2D eigenvalue weighted by Gasteiger charge is -2.32. The molecule has 3 nitrogen and oxygen atoms in total. The molecule has 0 bridgehead atoms. The second kappa shape index (κ2) is 2.31. The topological polar surface area (TPSA) is 32.3 Å². The van der Waals surface area contributed by atoms with Crippen molar-refractivity contribution in [3.05, 3.63) is 0 Å². The number of carbonyl (C=O) groups is 1. The maximum Gasteiger partial charge on any atom is 0.318 e. The Kier molecular flexibility index (Phi) is 1.36. The number of piperidine rings is 1. The molecule has 66 valence electrons. The van der Waals surface area contributed by atoms with Crippen molar-refractivity contribution >= 4 is 17.8 Å². The molecule has 1 N–H and O–H groups in total. The van der Waals surface area contributed by atoms with Gasteiger partial charge in [-0.2, -0.15) is 11.8 Å². The van der Waals surface area contributed by atoms with Crippen LogP contribution >= 0.6 is 11.8 Å². The van der Waals surface area contributed by atoms with Crippen molar-refractivity contribution in [2.24, 2.45) is 0 Å². The maximum atomic E-state index is 11.4. The number of rotatable bonds is 0. The van der Waals surface area contributed by atoms with E-state index in [0.717, 1.165) is 17.5 Å². The summed E-state index contributed by atoms with van der Waals surface area (Å²) in [6.07, 6.45) is 2.49. The van der Waals surface area contributed by atoms with Crippen LogP contribution in [0.2, 0.25) is 0 Å². The first-order valence-electron chi connectivity index (χ1n) is 4.55. The van der Waals surface area contributed by atoms with Crippen molar-refractivity contribution in [3.8, 4) is 0 Å². The van der Waals surface area contributed by atoms with Gasteiger partial charge in [0.25, 0.3) is 0 Å². The molecule has 3 aliphatic heterocycles. The zero-order chi connectivity index (χ0) is 8.13. The summed E-state index contributed by atoms with van der Waals surface area (Å²) in [4.78, 5) is 13.4. The summed E-state index contributed by atoms with van der Waals surface area (Å²) in [6.45, 7) is 0.976. The Labute approximate surface area is 75.9 Å². The Balaban J connectivity index is 1.94. The van der Waals surface area contributed by atoms with Gasteiger partial charge < -0.3 is 10.2 Å². The normalized spacial score (nSPS) is 44.5. The van der Waals surface area contributed by atoms with Crippen LogP contribution in [0.5, 0.6) is 0 Å². The molecule has 4 heteroatoms. The zero-order valence-corrected chi connectivity index (χ0v) is 7.64. The molecule has 0 saturated carbocycles. The largest absolute Gasteiger partial charge is 0.332 e. The minimum Gasteiger partial charge on any atom is -0.332 e. The highest BCUT2D eigenvalue weighted by atomic mass is 32.2. The Hall–Kier alpha value is -0.380. The van der Waals surface area contributed by atoms with Gasteiger partial charge in [0.2, 0.25) is 0 Å². The van der Waals surface area contributed by atoms with E-state index < -0.39 is 0 Å². The minimum absolute atomic E-state index is 0.176. The van der Waals surface area contributed by atoms with Crippen molar-refractivity contribution in [2.45, 2.75) is 30.2 Å². The van der Waals surface area contributed by atoms with Crippen LogP contribution in [0.1, 0.15) is 12.8 Å². The van der Waals surface area contributed by atoms with Gasteiger partial charge in [-0.15, -0.1) is 0 Å². The first-order valence-corrected chi connectivity index (χ1v) is 5.60. The predicted octanol–water partition coefficient (Wildman–Crippen LogP) is 0.658. The molecule has 3 aliphatic rings. The highest BCUT2D eigenvalue weighted by Gasteiger charge is 2.49. The molecule has 0 spiro atoms. The third-order valence-electron chi connectivity index (χ3n) is 3.10. The number of hydrogen-bond acceptors (Lipinski definition) is 2. The van der Waals surface area contributed by atoms with Crippen LogP contribution in [0.25, 0.3) is 0 Å². The van der Waals surface area contributed by atoms with E-state index in [1.54, 1.807) is 0 Å². The zero-order valence-electron chi connectivity index (χ0n) is 6.82. The van der Waals surface area contributed by atoms with Crippen LogP contribution in [-0.2, 0) is 0 Å². The quantitative estimate of drug-likeness (QED) is 0.561. The van der Waals surface area contributed by atoms with Crippen LogP contribution in [-0.4, -0.2) is 40.6 Å². The number of amides is 2. The van der Waals surface area contributed by atoms with E-state index in [0.29, 0.717) is 12.1 Å². The van der Waals surface area contributed by atoms with Crippen molar-refractivity contribution in [1.29, 1.82) is 0 Å². The summed E-state index contributed by atoms with van der Waals surface area (Å²) >= 11 is 2.04. The lowest BCUT2D eigenvalue weighted by Crippen LogP contribution is -2.44. The molecule has 2 amide bonds. The van der Waals surface area contributed by atoms with Gasteiger partial charge in [0.05, 0.1) is 12.1 Å². The molecule has 12 heavy (non-hydrogen) atoms. The number of hydrogen-bond donors (Lipinski definition) is 1. The Bertz CT molecular complexity index is 231. The van der Waals surface area contributed by atoms with Gasteiger partial charge in [-0.1, -0.05) is 0 Å². The van der Waals surface area contributed by atoms with Crippen LogP contribution in [0, 0.1) is 0 Å². The Morgan fingerprint density at radius 1 is 1.58 bits per heavy atom. The van der Waals surface area contributed by atoms with E-state index in [-0.39, 0.29) is 6.03 Å². The molecule has 3 saturated heterocycles. The van der Waals surface area contributed by atoms with Crippen molar-refractivity contribution < 1.29 is 4.79 Å². The molecule has 3 fully saturated rings. The molecule has 0 aromatic heterocycles. The molecule has 0 aromatic carbocycles. The van der Waals surface area contributed by atoms with Gasteiger partial charge in [0.1, 0.15) is 0 Å². The van der Waals surface area contributed by atoms with E-state index >= 15 is 0 Å². The van der Waals surface area contributed by atoms with Crippen molar-refractivity contribution in [2.75, 3.05) is 12.3 Å². The summed E-state index contributed by atoms with van der Waals surface area (Å²) in [6, 6.07) is 1.15. The average Bonchev–Trinajstić information content (AvgIpc) is 2.61. The molecule has 0 unspecified atom stereocenters. The van der Waals surface area contributed by atoms with Gasteiger partial charge in [0, 0.05) is 17.5 Å². The van der Waals surface area contributed by atoms with Gasteiger partial charge in [0.15, 0.2) is 0 Å². The van der Waals surface area contributed by atoms with E-state index in [9.17, 15) is 4.79 Å². The lowest BCUT2D eigenvalue weighted by atomic mass is 9.99. The number of urea groups is 1. The molecular weight excluding hydrogens is 172 g/mol. The van der Waals surface area contributed by atoms with E-state index in [1.165, 1.54) is 12.8 Å². The molecule has 0 radical (unpaired) electrons. The molecule has 3 rings (SSSR count). The monoisotopic (exact) mass is 184 g/mol. The summed E-state index contributed by atoms with van der Waals surface area (Å²) in [5.74, 6) is 1.12. The van der Waals surface area contributed by atoms with Gasteiger partial charge in [-0.3, -0.25) is 0 Å². The third kappa shape index (κ3) is 0.762. The van der Waals surface area contributed by atoms with Crippen molar-refractivity contribution in [1.82, 2.24) is 10.2 Å². The molecule has 0 aliphatic carbocycles. The third-order valence-corrected chi connectivity index (χ3v) is 4.59. The fourth-order valence-corrected chi connectivity index (χ4v) is 4.18. The number of nitrogens with one attached hydrogen (secondary N) is 1. The minimum atomic E-state index is 0.176. The van der Waals surface area contributed by atoms with Gasteiger partial charge in [-0.05, 0) is 12.8 Å². The van der Waals surface area contributed by atoms with Crippen LogP contribution in [0.4, 0.5) is 4.79 Å². The van der Waals surface area contributed by atoms with Crippen LogP contribution < -0.4 is 5.32 Å². The molecule has 3 atom stereocenters. The van der Waals surface area contributed by atoms with E-state index in [2.05, 4.69) is 5.32 Å². The SMILES string of the molecule is O=C1N[C@H]2CS[C@H]3CCCN1[C@@H]23. The highest BCUT2D eigenvalue weighted by molar-refractivity contribution is 8.00. The van der Waals surface area contributed by atoms with E-state index in [1.807, 2.05) is 16.7 Å². The highest BCUT2D eigenvalue weighted by Crippen LogP contribution is 2.39. The first kappa shape index (κ1) is 7.06. The predicted molar refractivity (Wildman–Crippen MR) is 48.3 cm³/mol. The summed E-state index contributed by atoms with van der Waals surface area (Å²) in [5.41, 5.74) is 0. The average molecular weight is 184 g/mol. The van der Waals surface area contributed by atoms with Crippen LogP contribution in [0.15, 0.2) is 0 Å². The van der Waals surface area contributed by atoms with Crippen molar-refractivity contribution in [3.63, 3.8) is 0 Å². The molecule has 0 aromatic rings. The lowest BCUT2D eigenvalue weighted by molar-refractivity contribution is 0.187. The van der Waals surface area contributed by atoms with E-state index in [4.69, 9.17) is 0 Å². The molecule has 3 heterocycles. The Morgan fingerprint density at radius 2 is 2.50 bits per heavy atom. The van der Waals surface area contributed by atoms with Crippen LogP contribution in [0.3, 0.4) is 0 Å². The second-order valence-corrected chi connectivity index (χ2v) is 5.03. The first-order chi connectivity index (χ1) is 5.86. The summed E-state index contributed by atoms with van der Waals surface area (Å²) < 4.78 is 0. The summed E-state index contributed by atoms with van der Waals surface area (Å²) in [5, 5.41) is 3.78.